The molecule has 4 heterocycles. The molecule has 0 spiro atoms. The minimum atomic E-state index is -0.506. The van der Waals surface area contributed by atoms with Gasteiger partial charge in [0.15, 0.2) is 11.6 Å². The number of benzene rings is 12. The third-order valence-electron chi connectivity index (χ3n) is 28.5. The van der Waals surface area contributed by atoms with Gasteiger partial charge in [-0.1, -0.05) is 399 Å². The number of hydrogen-bond acceptors (Lipinski definition) is 8. The Kier molecular flexibility index (Phi) is 25.8. The van der Waals surface area contributed by atoms with Crippen LogP contribution < -0.4 is 19.6 Å². The summed E-state index contributed by atoms with van der Waals surface area (Å²) < 4.78 is 6.91. The molecule has 7 aliphatic rings. The van der Waals surface area contributed by atoms with Crippen LogP contribution in [0.3, 0.4) is 0 Å². The standard InChI is InChI=1S/C45H41NO2.C31H33NO.C31H35NO.C17H25N/c1-44(2,3)29-22-24-30(25-23-29)46-27-26-45(4,5)39(28-46)42(40-35-18-10-6-14-31(35)32-15-7-11-19-36(32)40)48-43(47)41-37-20-12-8-16-33(37)34-17-9-13-21-38(34)41;1-30(2,3)21-14-16-22(17-15-21)32-19-18-31(4,5)27(20-32)29(33)28-25-12-8-6-10-23(25)24-11-7-9-13-26(24)28;1-30(2,3)25-16-18-26(19-17-25)32-21-20-31(4,5)27(22-32)29(33)28(23-12-8-6-9-13-23)24-14-10-7-11-15-24;1-16(2,3)14-6-8-15(9-7-14)18-12-10-17(4,5)11-13-18/h6-25,28,41H,26-27H2,1-5H3;6-17,20,28H,18-19H2,1-5H3;6-19,22,28H,20-21H2,1-5H3;6-10,12H,11,13H2,1-5H3. The molecule has 674 valence electrons. The molecular formula is C124H134N4O4. The van der Waals surface area contributed by atoms with E-state index >= 15 is 0 Å². The summed E-state index contributed by atoms with van der Waals surface area (Å²) in [5.41, 5.74) is 29.7. The Hall–Kier alpha value is -12.7. The molecule has 8 nitrogen and oxygen atoms in total. The van der Waals surface area contributed by atoms with Gasteiger partial charge in [-0.25, -0.2) is 0 Å². The van der Waals surface area contributed by atoms with Crippen LogP contribution in [0.4, 0.5) is 22.7 Å². The highest BCUT2D eigenvalue weighted by Crippen LogP contribution is 2.55. The van der Waals surface area contributed by atoms with E-state index < -0.39 is 5.92 Å². The molecule has 132 heavy (non-hydrogen) atoms. The van der Waals surface area contributed by atoms with Gasteiger partial charge in [-0.3, -0.25) is 14.4 Å². The number of esters is 1. The van der Waals surface area contributed by atoms with Gasteiger partial charge in [-0.2, -0.15) is 0 Å². The summed E-state index contributed by atoms with van der Waals surface area (Å²) in [6.07, 6.45) is 15.0. The number of ketones is 2. The Balaban J connectivity index is 0.000000135. The van der Waals surface area contributed by atoms with Crippen LogP contribution >= 0.6 is 0 Å². The van der Waals surface area contributed by atoms with Crippen molar-refractivity contribution in [3.63, 3.8) is 0 Å². The van der Waals surface area contributed by atoms with Crippen molar-refractivity contribution < 1.29 is 19.1 Å². The number of rotatable bonds is 13. The van der Waals surface area contributed by atoms with Gasteiger partial charge >= 0.3 is 5.97 Å². The van der Waals surface area contributed by atoms with Crippen LogP contribution in [-0.2, 0) is 40.8 Å². The fraction of sp³-hybridized carbons (Fsp3) is 0.315. The third-order valence-corrected chi connectivity index (χ3v) is 28.5. The summed E-state index contributed by atoms with van der Waals surface area (Å²) >= 11 is 0. The van der Waals surface area contributed by atoms with Gasteiger partial charge in [-0.05, 0) is 218 Å². The van der Waals surface area contributed by atoms with Gasteiger partial charge in [0.2, 0.25) is 0 Å². The average Bonchev–Trinajstić information content (AvgIpc) is 1.56. The molecule has 0 amide bonds. The fourth-order valence-corrected chi connectivity index (χ4v) is 19.9. The molecule has 19 rings (SSSR count). The smallest absolute Gasteiger partial charge is 0.323 e. The fourth-order valence-electron chi connectivity index (χ4n) is 19.9. The number of carbonyl (C=O) groups is 3. The minimum absolute atomic E-state index is 0.0793. The van der Waals surface area contributed by atoms with Gasteiger partial charge in [0.25, 0.3) is 0 Å². The SMILES string of the molecule is CC1(C)C=CN(c2ccc(C(C)(C)C)cc2)CC1.CC1(C)CCN(c2ccc(C(C)(C)C)cc2)C=C1C(=O)C(c1ccccc1)c1ccccc1.CC1(C)CCN(c2ccc(C(C)(C)C)cc2)C=C1C(=O)C1c2ccccc2-c2ccccc21.CC1(C)CCN(c2ccc(C(C)(C)C)cc2)C=C1C(OC(=O)C1c2ccccc2-c2ccccc21)=C1c2ccccc2-c2ccccc21. The molecule has 0 bridgehead atoms. The van der Waals surface area contributed by atoms with E-state index in [-0.39, 0.29) is 67.3 Å². The number of anilines is 4. The Labute approximate surface area is 787 Å². The van der Waals surface area contributed by atoms with E-state index in [1.165, 1.54) is 45.5 Å². The maximum Gasteiger partial charge on any atom is 0.323 e. The molecule has 12 aromatic carbocycles. The molecule has 0 saturated carbocycles. The molecule has 8 heteroatoms. The lowest BCUT2D eigenvalue weighted by Gasteiger charge is -2.39. The van der Waals surface area contributed by atoms with Crippen LogP contribution in [0.2, 0.25) is 0 Å². The maximum atomic E-state index is 14.8. The average molecular weight is 1740 g/mol. The lowest BCUT2D eigenvalue weighted by molar-refractivity contribution is -0.140. The van der Waals surface area contributed by atoms with Crippen molar-refractivity contribution >= 4 is 45.9 Å². The molecular weight excluding hydrogens is 1610 g/mol. The zero-order valence-corrected chi connectivity index (χ0v) is 81.6. The predicted molar refractivity (Wildman–Crippen MR) is 553 cm³/mol. The first-order valence-electron chi connectivity index (χ1n) is 47.8. The summed E-state index contributed by atoms with van der Waals surface area (Å²) in [5, 5.41) is 0. The first kappa shape index (κ1) is 92.6. The minimum Gasteiger partial charge on any atom is -0.425 e. The summed E-state index contributed by atoms with van der Waals surface area (Å²) in [6.45, 7) is 48.7. The number of nitrogens with zero attached hydrogens (tertiary/aromatic N) is 4. The van der Waals surface area contributed by atoms with E-state index in [2.05, 4.69) is 432 Å². The molecule has 0 radical (unpaired) electrons. The molecule has 0 fully saturated rings. The number of Topliss-reactive ketones (excluding diaryl/α,β-unsaturated/α-hetero) is 2. The van der Waals surface area contributed by atoms with Crippen molar-refractivity contribution in [2.24, 2.45) is 21.7 Å². The third kappa shape index (κ3) is 19.5. The van der Waals surface area contributed by atoms with Crippen molar-refractivity contribution in [2.45, 2.75) is 204 Å². The van der Waals surface area contributed by atoms with Crippen LogP contribution in [0.25, 0.3) is 39.0 Å². The Bertz CT molecular complexity index is 6120. The van der Waals surface area contributed by atoms with E-state index in [0.29, 0.717) is 11.2 Å². The van der Waals surface area contributed by atoms with Gasteiger partial charge in [-0.15, -0.1) is 0 Å². The molecule has 0 atom stereocenters. The molecule has 3 aliphatic carbocycles. The summed E-state index contributed by atoms with van der Waals surface area (Å²) in [6, 6.07) is 106. The molecule has 0 N–H and O–H groups in total. The van der Waals surface area contributed by atoms with Crippen LogP contribution in [0.15, 0.2) is 357 Å². The van der Waals surface area contributed by atoms with Crippen molar-refractivity contribution in [2.75, 3.05) is 45.8 Å². The van der Waals surface area contributed by atoms with Crippen molar-refractivity contribution in [1.29, 1.82) is 0 Å². The zero-order valence-electron chi connectivity index (χ0n) is 81.6. The van der Waals surface area contributed by atoms with Crippen LogP contribution in [0.1, 0.15) is 249 Å². The Morgan fingerprint density at radius 1 is 0.303 bits per heavy atom. The normalized spacial score (nSPS) is 16.8. The van der Waals surface area contributed by atoms with Crippen molar-refractivity contribution in [1.82, 2.24) is 0 Å². The van der Waals surface area contributed by atoms with E-state index in [1.807, 2.05) is 60.7 Å². The highest BCUT2D eigenvalue weighted by molar-refractivity contribution is 6.09. The second-order valence-electron chi connectivity index (χ2n) is 44.0. The maximum absolute atomic E-state index is 14.8. The number of fused-ring (bicyclic) bond motifs is 9. The Morgan fingerprint density at radius 3 is 0.924 bits per heavy atom. The number of ether oxygens (including phenoxy) is 1. The number of carbonyl (C=O) groups excluding carboxylic acids is 3. The second-order valence-corrected chi connectivity index (χ2v) is 44.0. The molecule has 4 aliphatic heterocycles. The van der Waals surface area contributed by atoms with Crippen molar-refractivity contribution in [3.05, 3.63) is 423 Å². The van der Waals surface area contributed by atoms with Gasteiger partial charge in [0, 0.05) is 96.0 Å². The van der Waals surface area contributed by atoms with Crippen LogP contribution in [0.5, 0.6) is 0 Å². The summed E-state index contributed by atoms with van der Waals surface area (Å²) in [4.78, 5) is 52.4. The first-order chi connectivity index (χ1) is 62.7. The highest BCUT2D eigenvalue weighted by atomic mass is 16.5. The van der Waals surface area contributed by atoms with Crippen LogP contribution in [0, 0.1) is 21.7 Å². The van der Waals surface area contributed by atoms with E-state index in [4.69, 9.17) is 4.74 Å². The molecule has 0 unspecified atom stereocenters. The van der Waals surface area contributed by atoms with Gasteiger partial charge in [0.05, 0.1) is 11.8 Å². The quantitative estimate of drug-likeness (QED) is 0.0835. The topological polar surface area (TPSA) is 73.4 Å². The molecule has 0 saturated heterocycles. The van der Waals surface area contributed by atoms with Crippen molar-refractivity contribution in [3.8, 4) is 33.4 Å². The monoisotopic (exact) mass is 1740 g/mol. The first-order valence-corrected chi connectivity index (χ1v) is 47.8. The van der Waals surface area contributed by atoms with Gasteiger partial charge in [0.1, 0.15) is 11.7 Å². The lowest BCUT2D eigenvalue weighted by atomic mass is 9.72. The van der Waals surface area contributed by atoms with E-state index in [9.17, 15) is 14.4 Å². The zero-order chi connectivity index (χ0) is 93.6. The number of hydrogen-bond donors (Lipinski definition) is 0. The molecule has 12 aromatic rings. The summed E-state index contributed by atoms with van der Waals surface area (Å²) in [7, 11) is 0. The highest BCUT2D eigenvalue weighted by Gasteiger charge is 2.45. The van der Waals surface area contributed by atoms with E-state index in [1.54, 1.807) is 0 Å². The molecule has 0 aromatic heterocycles. The van der Waals surface area contributed by atoms with Gasteiger partial charge < -0.3 is 24.3 Å². The lowest BCUT2D eigenvalue weighted by Crippen LogP contribution is -2.36. The van der Waals surface area contributed by atoms with E-state index in [0.717, 1.165) is 152 Å². The summed E-state index contributed by atoms with van der Waals surface area (Å²) in [5.74, 6) is -0.220. The largest absolute Gasteiger partial charge is 0.425 e. The second kappa shape index (κ2) is 36.8. The van der Waals surface area contributed by atoms with Crippen LogP contribution in [-0.4, -0.2) is 43.7 Å². The Morgan fingerprint density at radius 2 is 0.583 bits per heavy atom. The predicted octanol–water partition coefficient (Wildman–Crippen LogP) is 30.6. The number of allylic oxidation sites excluding steroid dienone is 4.